The SMILES string of the molecule is COc1cc(CN2CCC(c3nc(C)ccc3C(=O)NCc3ccccc3C)CC2)cc(OC)c1. The van der Waals surface area contributed by atoms with Crippen LogP contribution in [0, 0.1) is 13.8 Å². The van der Waals surface area contributed by atoms with Gasteiger partial charge in [0, 0.05) is 30.8 Å². The first-order valence-electron chi connectivity index (χ1n) is 12.2. The summed E-state index contributed by atoms with van der Waals surface area (Å²) >= 11 is 0. The molecular formula is C29H35N3O3. The zero-order valence-corrected chi connectivity index (χ0v) is 21.1. The maximum Gasteiger partial charge on any atom is 0.253 e. The molecule has 1 fully saturated rings. The number of carbonyl (C=O) groups excluding carboxylic acids is 1. The van der Waals surface area contributed by atoms with Crippen molar-refractivity contribution in [3.63, 3.8) is 0 Å². The number of carbonyl (C=O) groups is 1. The van der Waals surface area contributed by atoms with Crippen LogP contribution >= 0.6 is 0 Å². The van der Waals surface area contributed by atoms with Crippen molar-refractivity contribution in [1.29, 1.82) is 0 Å². The molecule has 0 spiro atoms. The van der Waals surface area contributed by atoms with Crippen molar-refractivity contribution in [2.24, 2.45) is 0 Å². The largest absolute Gasteiger partial charge is 0.497 e. The van der Waals surface area contributed by atoms with Crippen LogP contribution in [0.2, 0.25) is 0 Å². The summed E-state index contributed by atoms with van der Waals surface area (Å²) < 4.78 is 10.8. The second-order valence-corrected chi connectivity index (χ2v) is 9.27. The van der Waals surface area contributed by atoms with Crippen LogP contribution in [0.1, 0.15) is 57.2 Å². The smallest absolute Gasteiger partial charge is 0.253 e. The van der Waals surface area contributed by atoms with Crippen LogP contribution < -0.4 is 14.8 Å². The Morgan fingerprint density at radius 1 is 1.00 bits per heavy atom. The topological polar surface area (TPSA) is 63.7 Å². The molecule has 0 atom stereocenters. The number of hydrogen-bond acceptors (Lipinski definition) is 5. The molecule has 2 aromatic carbocycles. The Morgan fingerprint density at radius 2 is 1.69 bits per heavy atom. The minimum absolute atomic E-state index is 0.0540. The normalized spacial score (nSPS) is 14.5. The van der Waals surface area contributed by atoms with E-state index in [0.29, 0.717) is 12.1 Å². The van der Waals surface area contributed by atoms with Crippen molar-refractivity contribution in [1.82, 2.24) is 15.2 Å². The Kier molecular flexibility index (Phi) is 8.03. The lowest BCUT2D eigenvalue weighted by atomic mass is 9.89. The van der Waals surface area contributed by atoms with E-state index in [1.165, 1.54) is 11.1 Å². The Morgan fingerprint density at radius 3 is 2.34 bits per heavy atom. The van der Waals surface area contributed by atoms with Gasteiger partial charge in [0.2, 0.25) is 0 Å². The predicted octanol–water partition coefficient (Wildman–Crippen LogP) is 5.03. The van der Waals surface area contributed by atoms with Gasteiger partial charge in [0.05, 0.1) is 25.5 Å². The molecule has 1 saturated heterocycles. The van der Waals surface area contributed by atoms with Crippen molar-refractivity contribution < 1.29 is 14.3 Å². The fraction of sp³-hybridized carbons (Fsp3) is 0.379. The van der Waals surface area contributed by atoms with Gasteiger partial charge in [-0.05, 0) is 80.7 Å². The molecule has 1 amide bonds. The zero-order valence-electron chi connectivity index (χ0n) is 21.1. The summed E-state index contributed by atoms with van der Waals surface area (Å²) in [5.74, 6) is 1.82. The van der Waals surface area contributed by atoms with Crippen LogP contribution in [0.25, 0.3) is 0 Å². The second-order valence-electron chi connectivity index (χ2n) is 9.27. The molecule has 3 aromatic rings. The first-order chi connectivity index (χ1) is 17.0. The first-order valence-corrected chi connectivity index (χ1v) is 12.2. The number of ether oxygens (including phenoxy) is 2. The highest BCUT2D eigenvalue weighted by Gasteiger charge is 2.26. The molecule has 0 radical (unpaired) electrons. The third-order valence-corrected chi connectivity index (χ3v) is 6.80. The fourth-order valence-corrected chi connectivity index (χ4v) is 4.74. The molecule has 0 saturated carbocycles. The summed E-state index contributed by atoms with van der Waals surface area (Å²) in [4.78, 5) is 20.4. The summed E-state index contributed by atoms with van der Waals surface area (Å²) in [7, 11) is 3.35. The van der Waals surface area contributed by atoms with Gasteiger partial charge < -0.3 is 14.8 Å². The van der Waals surface area contributed by atoms with Gasteiger partial charge in [0.15, 0.2) is 0 Å². The van der Waals surface area contributed by atoms with Gasteiger partial charge in [-0.3, -0.25) is 14.7 Å². The highest BCUT2D eigenvalue weighted by Crippen LogP contribution is 2.31. The fourth-order valence-electron chi connectivity index (χ4n) is 4.74. The molecule has 1 N–H and O–H groups in total. The van der Waals surface area contributed by atoms with Crippen LogP contribution in [0.15, 0.2) is 54.6 Å². The number of nitrogens with one attached hydrogen (secondary N) is 1. The van der Waals surface area contributed by atoms with Gasteiger partial charge in [-0.25, -0.2) is 0 Å². The van der Waals surface area contributed by atoms with E-state index in [1.807, 2.05) is 37.3 Å². The maximum atomic E-state index is 13.1. The third kappa shape index (κ3) is 6.20. The molecule has 35 heavy (non-hydrogen) atoms. The molecule has 4 rings (SSSR count). The van der Waals surface area contributed by atoms with Crippen molar-refractivity contribution in [2.45, 2.75) is 45.7 Å². The van der Waals surface area contributed by atoms with E-state index in [4.69, 9.17) is 14.5 Å². The van der Waals surface area contributed by atoms with Crippen molar-refractivity contribution in [2.75, 3.05) is 27.3 Å². The van der Waals surface area contributed by atoms with Gasteiger partial charge in [-0.15, -0.1) is 0 Å². The van der Waals surface area contributed by atoms with Gasteiger partial charge in [0.25, 0.3) is 5.91 Å². The Labute approximate surface area is 208 Å². The molecule has 1 aliphatic rings. The number of piperidine rings is 1. The molecule has 0 bridgehead atoms. The second kappa shape index (κ2) is 11.4. The number of likely N-dealkylation sites (tertiary alicyclic amines) is 1. The number of rotatable bonds is 8. The van der Waals surface area contributed by atoms with Crippen LogP contribution in [0.5, 0.6) is 11.5 Å². The summed E-state index contributed by atoms with van der Waals surface area (Å²) in [6.45, 7) is 7.31. The van der Waals surface area contributed by atoms with E-state index in [0.717, 1.165) is 60.9 Å². The van der Waals surface area contributed by atoms with E-state index in [9.17, 15) is 4.79 Å². The number of aryl methyl sites for hydroxylation is 2. The molecule has 0 unspecified atom stereocenters. The number of hydrogen-bond donors (Lipinski definition) is 1. The molecule has 6 heteroatoms. The first kappa shape index (κ1) is 24.7. The van der Waals surface area contributed by atoms with E-state index in [1.54, 1.807) is 14.2 Å². The van der Waals surface area contributed by atoms with E-state index in [2.05, 4.69) is 41.4 Å². The monoisotopic (exact) mass is 473 g/mol. The number of nitrogens with zero attached hydrogens (tertiary/aromatic N) is 2. The average molecular weight is 474 g/mol. The molecule has 1 aliphatic heterocycles. The van der Waals surface area contributed by atoms with Crippen LogP contribution in [-0.2, 0) is 13.1 Å². The summed E-state index contributed by atoms with van der Waals surface area (Å²) in [6, 6.07) is 18.0. The molecular weight excluding hydrogens is 438 g/mol. The van der Waals surface area contributed by atoms with Crippen molar-refractivity contribution in [3.8, 4) is 11.5 Å². The summed E-state index contributed by atoms with van der Waals surface area (Å²) in [5.41, 5.74) is 6.04. The number of amides is 1. The number of aromatic nitrogens is 1. The predicted molar refractivity (Wildman–Crippen MR) is 138 cm³/mol. The third-order valence-electron chi connectivity index (χ3n) is 6.80. The Hall–Kier alpha value is -3.38. The highest BCUT2D eigenvalue weighted by molar-refractivity contribution is 5.95. The zero-order chi connectivity index (χ0) is 24.8. The van der Waals surface area contributed by atoms with Gasteiger partial charge in [-0.1, -0.05) is 24.3 Å². The van der Waals surface area contributed by atoms with Crippen LogP contribution in [0.3, 0.4) is 0 Å². The minimum Gasteiger partial charge on any atom is -0.497 e. The van der Waals surface area contributed by atoms with Gasteiger partial charge >= 0.3 is 0 Å². The Bertz CT molecular complexity index is 1150. The molecule has 0 aliphatic carbocycles. The maximum absolute atomic E-state index is 13.1. The summed E-state index contributed by atoms with van der Waals surface area (Å²) in [6.07, 6.45) is 1.94. The van der Waals surface area contributed by atoms with E-state index in [-0.39, 0.29) is 11.8 Å². The van der Waals surface area contributed by atoms with Gasteiger partial charge in [-0.2, -0.15) is 0 Å². The number of benzene rings is 2. The van der Waals surface area contributed by atoms with E-state index < -0.39 is 0 Å². The molecule has 184 valence electrons. The lowest BCUT2D eigenvalue weighted by Crippen LogP contribution is -2.34. The number of pyridine rings is 1. The highest BCUT2D eigenvalue weighted by atomic mass is 16.5. The van der Waals surface area contributed by atoms with Crippen LogP contribution in [0.4, 0.5) is 0 Å². The minimum atomic E-state index is -0.0540. The Balaban J connectivity index is 1.42. The van der Waals surface area contributed by atoms with Crippen molar-refractivity contribution in [3.05, 3.63) is 88.2 Å². The molecule has 2 heterocycles. The van der Waals surface area contributed by atoms with E-state index >= 15 is 0 Å². The lowest BCUT2D eigenvalue weighted by Gasteiger charge is -2.32. The molecule has 6 nitrogen and oxygen atoms in total. The lowest BCUT2D eigenvalue weighted by molar-refractivity contribution is 0.0948. The van der Waals surface area contributed by atoms with Crippen LogP contribution in [-0.4, -0.2) is 43.1 Å². The van der Waals surface area contributed by atoms with Gasteiger partial charge in [0.1, 0.15) is 11.5 Å². The summed E-state index contributed by atoms with van der Waals surface area (Å²) in [5, 5.41) is 3.11. The molecule has 1 aromatic heterocycles. The quantitative estimate of drug-likeness (QED) is 0.497. The standard InChI is InChI=1S/C29H35N3O3/c1-20-7-5-6-8-24(20)18-30-29(33)27-10-9-21(2)31-28(27)23-11-13-32(14-12-23)19-22-15-25(34-3)17-26(16-22)35-4/h5-10,15-17,23H,11-14,18-19H2,1-4H3,(H,30,33). The average Bonchev–Trinajstić information content (AvgIpc) is 2.88. The number of methoxy groups -OCH3 is 2. The van der Waals surface area contributed by atoms with Crippen molar-refractivity contribution >= 4 is 5.91 Å².